The smallest absolute Gasteiger partial charge is 0.0673 e. The molecule has 0 aliphatic carbocycles. The van der Waals surface area contributed by atoms with Crippen molar-refractivity contribution in [2.75, 3.05) is 6.54 Å². The minimum Gasteiger partial charge on any atom is -0.306 e. The average molecular weight is 273 g/mol. The molecule has 2 aromatic rings. The van der Waals surface area contributed by atoms with E-state index in [1.165, 1.54) is 26.4 Å². The fourth-order valence-electron chi connectivity index (χ4n) is 2.45. The second kappa shape index (κ2) is 6.36. The second-order valence-electron chi connectivity index (χ2n) is 5.21. The van der Waals surface area contributed by atoms with Crippen molar-refractivity contribution in [1.29, 1.82) is 0 Å². The van der Waals surface area contributed by atoms with E-state index >= 15 is 0 Å². The topological polar surface area (TPSA) is 12.0 Å². The van der Waals surface area contributed by atoms with Crippen LogP contribution in [0.1, 0.15) is 45.8 Å². The molecule has 1 N–H and O–H groups in total. The summed E-state index contributed by atoms with van der Waals surface area (Å²) in [5, 5.41) is 3.69. The number of hydrogen-bond donors (Lipinski definition) is 1. The minimum absolute atomic E-state index is 0.332. The Balaban J connectivity index is 2.38. The highest BCUT2D eigenvalue weighted by atomic mass is 32.1. The summed E-state index contributed by atoms with van der Waals surface area (Å²) >= 11 is 1.91. The van der Waals surface area contributed by atoms with Gasteiger partial charge in [-0.15, -0.1) is 11.3 Å². The molecule has 1 atom stereocenters. The van der Waals surface area contributed by atoms with E-state index in [9.17, 15) is 0 Å². The number of thiophene rings is 1. The van der Waals surface area contributed by atoms with Gasteiger partial charge in [0.05, 0.1) is 6.04 Å². The van der Waals surface area contributed by atoms with E-state index in [0.29, 0.717) is 6.04 Å². The first-order valence-electron chi connectivity index (χ1n) is 6.98. The molecular formula is C17H23NS. The first-order valence-corrected chi connectivity index (χ1v) is 7.80. The van der Waals surface area contributed by atoms with Crippen LogP contribution in [0, 0.1) is 20.8 Å². The zero-order chi connectivity index (χ0) is 13.8. The zero-order valence-electron chi connectivity index (χ0n) is 12.3. The highest BCUT2D eigenvalue weighted by Gasteiger charge is 2.17. The SMILES string of the molecule is CCCNC(c1cccc(C)c1)c1sc(C)cc1C. The summed E-state index contributed by atoms with van der Waals surface area (Å²) in [7, 11) is 0. The maximum absolute atomic E-state index is 3.69. The maximum Gasteiger partial charge on any atom is 0.0673 e. The highest BCUT2D eigenvalue weighted by Crippen LogP contribution is 2.32. The summed E-state index contributed by atoms with van der Waals surface area (Å²) in [6, 6.07) is 11.5. The summed E-state index contributed by atoms with van der Waals surface area (Å²) < 4.78 is 0. The van der Waals surface area contributed by atoms with Crippen LogP contribution in [0.3, 0.4) is 0 Å². The summed E-state index contributed by atoms with van der Waals surface area (Å²) in [5.74, 6) is 0. The van der Waals surface area contributed by atoms with Crippen LogP contribution in [0.15, 0.2) is 30.3 Å². The molecule has 1 heterocycles. The van der Waals surface area contributed by atoms with Crippen molar-refractivity contribution in [3.05, 3.63) is 56.8 Å². The molecule has 2 heteroatoms. The lowest BCUT2D eigenvalue weighted by atomic mass is 10.0. The molecule has 1 unspecified atom stereocenters. The molecule has 0 aliphatic heterocycles. The van der Waals surface area contributed by atoms with Crippen LogP contribution in [0.25, 0.3) is 0 Å². The van der Waals surface area contributed by atoms with E-state index in [1.807, 2.05) is 11.3 Å². The van der Waals surface area contributed by atoms with Gasteiger partial charge < -0.3 is 5.32 Å². The molecule has 0 bridgehead atoms. The lowest BCUT2D eigenvalue weighted by Crippen LogP contribution is -2.23. The van der Waals surface area contributed by atoms with E-state index in [4.69, 9.17) is 0 Å². The van der Waals surface area contributed by atoms with Crippen LogP contribution >= 0.6 is 11.3 Å². The Kier molecular flexibility index (Phi) is 4.78. The van der Waals surface area contributed by atoms with Crippen molar-refractivity contribution in [3.63, 3.8) is 0 Å². The fourth-order valence-corrected chi connectivity index (χ4v) is 3.59. The number of aryl methyl sites for hydroxylation is 3. The third kappa shape index (κ3) is 3.46. The van der Waals surface area contributed by atoms with Crippen LogP contribution < -0.4 is 5.32 Å². The Morgan fingerprint density at radius 1 is 1.16 bits per heavy atom. The quantitative estimate of drug-likeness (QED) is 0.828. The van der Waals surface area contributed by atoms with Gasteiger partial charge in [-0.1, -0.05) is 36.8 Å². The molecule has 1 nitrogen and oxygen atoms in total. The van der Waals surface area contributed by atoms with E-state index < -0.39 is 0 Å². The molecule has 102 valence electrons. The van der Waals surface area contributed by atoms with Crippen molar-refractivity contribution in [1.82, 2.24) is 5.32 Å². The zero-order valence-corrected chi connectivity index (χ0v) is 13.1. The van der Waals surface area contributed by atoms with Gasteiger partial charge in [0.15, 0.2) is 0 Å². The second-order valence-corrected chi connectivity index (χ2v) is 6.49. The van der Waals surface area contributed by atoms with Gasteiger partial charge in [-0.3, -0.25) is 0 Å². The molecule has 0 radical (unpaired) electrons. The number of hydrogen-bond acceptors (Lipinski definition) is 2. The summed E-state index contributed by atoms with van der Waals surface area (Å²) in [6.07, 6.45) is 1.16. The third-order valence-electron chi connectivity index (χ3n) is 3.32. The molecule has 0 amide bonds. The normalized spacial score (nSPS) is 12.6. The van der Waals surface area contributed by atoms with Crippen molar-refractivity contribution >= 4 is 11.3 Å². The Morgan fingerprint density at radius 3 is 2.53 bits per heavy atom. The van der Waals surface area contributed by atoms with E-state index in [1.54, 1.807) is 0 Å². The first kappa shape index (κ1) is 14.3. The van der Waals surface area contributed by atoms with Gasteiger partial charge in [0, 0.05) is 9.75 Å². The van der Waals surface area contributed by atoms with Gasteiger partial charge in [0.25, 0.3) is 0 Å². The van der Waals surface area contributed by atoms with Gasteiger partial charge in [-0.05, 0) is 50.9 Å². The van der Waals surface area contributed by atoms with Crippen LogP contribution in [0.4, 0.5) is 0 Å². The molecule has 0 aliphatic rings. The van der Waals surface area contributed by atoms with E-state index in [0.717, 1.165) is 13.0 Å². The molecule has 19 heavy (non-hydrogen) atoms. The van der Waals surface area contributed by atoms with Crippen molar-refractivity contribution in [2.45, 2.75) is 40.2 Å². The Labute approximate surface area is 120 Å². The van der Waals surface area contributed by atoms with Gasteiger partial charge >= 0.3 is 0 Å². The minimum atomic E-state index is 0.332. The summed E-state index contributed by atoms with van der Waals surface area (Å²) in [4.78, 5) is 2.85. The Morgan fingerprint density at radius 2 is 1.95 bits per heavy atom. The monoisotopic (exact) mass is 273 g/mol. The lowest BCUT2D eigenvalue weighted by molar-refractivity contribution is 0.603. The predicted octanol–water partition coefficient (Wildman–Crippen LogP) is 4.76. The van der Waals surface area contributed by atoms with Gasteiger partial charge in [-0.25, -0.2) is 0 Å². The van der Waals surface area contributed by atoms with Crippen LogP contribution in [-0.2, 0) is 0 Å². The first-order chi connectivity index (χ1) is 9.11. The molecule has 1 aromatic carbocycles. The van der Waals surface area contributed by atoms with Crippen LogP contribution in [0.2, 0.25) is 0 Å². The predicted molar refractivity (Wildman–Crippen MR) is 85.1 cm³/mol. The van der Waals surface area contributed by atoms with E-state index in [2.05, 4.69) is 63.3 Å². The fraction of sp³-hybridized carbons (Fsp3) is 0.412. The molecule has 0 fully saturated rings. The van der Waals surface area contributed by atoms with Crippen LogP contribution in [-0.4, -0.2) is 6.54 Å². The lowest BCUT2D eigenvalue weighted by Gasteiger charge is -2.19. The highest BCUT2D eigenvalue weighted by molar-refractivity contribution is 7.12. The average Bonchev–Trinajstić information content (AvgIpc) is 2.69. The standard InChI is InChI=1S/C17H23NS/c1-5-9-18-16(15-8-6-7-12(2)10-15)17-13(3)11-14(4)19-17/h6-8,10-11,16,18H,5,9H2,1-4H3. The molecular weight excluding hydrogens is 250 g/mol. The summed E-state index contributed by atoms with van der Waals surface area (Å²) in [5.41, 5.74) is 4.10. The van der Waals surface area contributed by atoms with Gasteiger partial charge in [0.2, 0.25) is 0 Å². The van der Waals surface area contributed by atoms with E-state index in [-0.39, 0.29) is 0 Å². The van der Waals surface area contributed by atoms with Crippen molar-refractivity contribution in [3.8, 4) is 0 Å². The van der Waals surface area contributed by atoms with Gasteiger partial charge in [-0.2, -0.15) is 0 Å². The summed E-state index contributed by atoms with van der Waals surface area (Å²) in [6.45, 7) is 9.83. The molecule has 0 saturated heterocycles. The van der Waals surface area contributed by atoms with Crippen molar-refractivity contribution < 1.29 is 0 Å². The Bertz CT molecular complexity index is 542. The molecule has 2 rings (SSSR count). The third-order valence-corrected chi connectivity index (χ3v) is 4.53. The maximum atomic E-state index is 3.69. The molecule has 1 aromatic heterocycles. The number of rotatable bonds is 5. The van der Waals surface area contributed by atoms with Crippen molar-refractivity contribution in [2.24, 2.45) is 0 Å². The molecule has 0 spiro atoms. The molecule has 0 saturated carbocycles. The number of benzene rings is 1. The largest absolute Gasteiger partial charge is 0.306 e. The van der Waals surface area contributed by atoms with Gasteiger partial charge in [0.1, 0.15) is 0 Å². The van der Waals surface area contributed by atoms with Crippen LogP contribution in [0.5, 0.6) is 0 Å². The Hall–Kier alpha value is -1.12. The number of nitrogens with one attached hydrogen (secondary N) is 1.